The van der Waals surface area contributed by atoms with Crippen LogP contribution >= 0.6 is 12.2 Å². The quantitative estimate of drug-likeness (QED) is 0.581. The maximum Gasteiger partial charge on any atom is 0.255 e. The van der Waals surface area contributed by atoms with Gasteiger partial charge in [-0.1, -0.05) is 0 Å². The van der Waals surface area contributed by atoms with Crippen LogP contribution in [-0.2, 0) is 6.42 Å². The van der Waals surface area contributed by atoms with Gasteiger partial charge in [-0.15, -0.1) is 0 Å². The van der Waals surface area contributed by atoms with E-state index < -0.39 is 0 Å². The van der Waals surface area contributed by atoms with Gasteiger partial charge in [0.25, 0.3) is 5.56 Å². The largest absolute Gasteiger partial charge is 0.396 e. The van der Waals surface area contributed by atoms with Gasteiger partial charge < -0.3 is 10.1 Å². The Morgan fingerprint density at radius 3 is 2.67 bits per heavy atom. The van der Waals surface area contributed by atoms with Crippen LogP contribution in [0.5, 0.6) is 0 Å². The molecule has 1 aromatic heterocycles. The van der Waals surface area contributed by atoms with Crippen molar-refractivity contribution in [3.05, 3.63) is 26.4 Å². The molecule has 0 aromatic carbocycles. The fourth-order valence-corrected chi connectivity index (χ4v) is 1.28. The summed E-state index contributed by atoms with van der Waals surface area (Å²) in [7, 11) is 0. The van der Waals surface area contributed by atoms with Crippen molar-refractivity contribution in [1.29, 1.82) is 0 Å². The van der Waals surface area contributed by atoms with Crippen molar-refractivity contribution < 1.29 is 5.11 Å². The zero-order valence-electron chi connectivity index (χ0n) is 6.68. The van der Waals surface area contributed by atoms with Crippen LogP contribution in [-0.4, -0.2) is 21.7 Å². The number of aromatic nitrogens is 2. The minimum atomic E-state index is -0.217. The summed E-state index contributed by atoms with van der Waals surface area (Å²) in [5, 5.41) is 8.65. The SMILES string of the molecule is Cc1[nH]c(=S)[nH]c(=O)c1CCO. The van der Waals surface area contributed by atoms with Crippen molar-refractivity contribution in [2.24, 2.45) is 0 Å². The topological polar surface area (TPSA) is 68.9 Å². The molecule has 0 aliphatic heterocycles. The Morgan fingerprint density at radius 1 is 1.50 bits per heavy atom. The summed E-state index contributed by atoms with van der Waals surface area (Å²) in [4.78, 5) is 16.5. The highest BCUT2D eigenvalue weighted by Crippen LogP contribution is 1.97. The third kappa shape index (κ3) is 1.80. The maximum atomic E-state index is 11.2. The van der Waals surface area contributed by atoms with Crippen LogP contribution in [0.3, 0.4) is 0 Å². The molecule has 0 bridgehead atoms. The lowest BCUT2D eigenvalue weighted by Gasteiger charge is -2.00. The molecule has 0 atom stereocenters. The van der Waals surface area contributed by atoms with Crippen LogP contribution in [0.15, 0.2) is 4.79 Å². The van der Waals surface area contributed by atoms with E-state index in [1.807, 2.05) is 0 Å². The Hall–Kier alpha value is -0.940. The lowest BCUT2D eigenvalue weighted by molar-refractivity contribution is 0.298. The smallest absolute Gasteiger partial charge is 0.255 e. The van der Waals surface area contributed by atoms with Crippen LogP contribution in [0.4, 0.5) is 0 Å². The van der Waals surface area contributed by atoms with Gasteiger partial charge in [0.1, 0.15) is 0 Å². The Labute approximate surface area is 74.3 Å². The molecule has 0 aliphatic rings. The maximum absolute atomic E-state index is 11.2. The zero-order valence-corrected chi connectivity index (χ0v) is 7.49. The summed E-state index contributed by atoms with van der Waals surface area (Å²) >= 11 is 4.76. The predicted octanol–water partition coefficient (Wildman–Crippen LogP) is 0.276. The zero-order chi connectivity index (χ0) is 9.14. The van der Waals surface area contributed by atoms with E-state index in [2.05, 4.69) is 9.97 Å². The lowest BCUT2D eigenvalue weighted by Crippen LogP contribution is -2.17. The molecule has 4 nitrogen and oxygen atoms in total. The van der Waals surface area contributed by atoms with E-state index in [4.69, 9.17) is 17.3 Å². The van der Waals surface area contributed by atoms with Crippen molar-refractivity contribution >= 4 is 12.2 Å². The number of aromatic amines is 2. The molecule has 5 heteroatoms. The van der Waals surface area contributed by atoms with Gasteiger partial charge >= 0.3 is 0 Å². The second kappa shape index (κ2) is 3.64. The average Bonchev–Trinajstić information content (AvgIpc) is 1.96. The number of rotatable bonds is 2. The van der Waals surface area contributed by atoms with Crippen LogP contribution in [0.2, 0.25) is 0 Å². The molecular formula is C7H10N2O2S. The van der Waals surface area contributed by atoms with Crippen molar-refractivity contribution in [2.45, 2.75) is 13.3 Å². The Balaban J connectivity index is 3.29. The predicted molar refractivity (Wildman–Crippen MR) is 47.8 cm³/mol. The van der Waals surface area contributed by atoms with Gasteiger partial charge in [0.15, 0.2) is 4.77 Å². The normalized spacial score (nSPS) is 10.2. The molecule has 0 unspecified atom stereocenters. The van der Waals surface area contributed by atoms with E-state index in [0.29, 0.717) is 16.8 Å². The Bertz CT molecular complexity index is 380. The first-order valence-corrected chi connectivity index (χ1v) is 3.99. The molecule has 0 radical (unpaired) electrons. The average molecular weight is 186 g/mol. The van der Waals surface area contributed by atoms with E-state index in [1.165, 1.54) is 0 Å². The number of aryl methyl sites for hydroxylation is 1. The highest BCUT2D eigenvalue weighted by molar-refractivity contribution is 7.71. The first-order chi connectivity index (χ1) is 5.65. The third-order valence-electron chi connectivity index (χ3n) is 1.62. The number of nitrogens with one attached hydrogen (secondary N) is 2. The van der Waals surface area contributed by atoms with E-state index in [1.54, 1.807) is 6.92 Å². The minimum absolute atomic E-state index is 0.0332. The van der Waals surface area contributed by atoms with Crippen molar-refractivity contribution in [1.82, 2.24) is 9.97 Å². The summed E-state index contributed by atoms with van der Waals surface area (Å²) in [5.74, 6) is 0. The van der Waals surface area contributed by atoms with Crippen LogP contribution in [0.25, 0.3) is 0 Å². The molecule has 1 rings (SSSR count). The number of H-pyrrole nitrogens is 2. The van der Waals surface area contributed by atoms with Gasteiger partial charge in [0, 0.05) is 24.3 Å². The highest BCUT2D eigenvalue weighted by atomic mass is 32.1. The lowest BCUT2D eigenvalue weighted by atomic mass is 10.2. The number of aliphatic hydroxyl groups excluding tert-OH is 1. The van der Waals surface area contributed by atoms with Crippen molar-refractivity contribution in [3.8, 4) is 0 Å². The van der Waals surface area contributed by atoms with Crippen LogP contribution in [0.1, 0.15) is 11.3 Å². The van der Waals surface area contributed by atoms with Gasteiger partial charge in [-0.05, 0) is 19.1 Å². The minimum Gasteiger partial charge on any atom is -0.396 e. The first-order valence-electron chi connectivity index (χ1n) is 3.58. The van der Waals surface area contributed by atoms with E-state index in [0.717, 1.165) is 5.69 Å². The van der Waals surface area contributed by atoms with Crippen LogP contribution in [0, 0.1) is 11.7 Å². The molecule has 0 fully saturated rings. The monoisotopic (exact) mass is 186 g/mol. The molecular weight excluding hydrogens is 176 g/mol. The van der Waals surface area contributed by atoms with Gasteiger partial charge in [-0.2, -0.15) is 0 Å². The molecule has 0 aliphatic carbocycles. The number of hydrogen-bond acceptors (Lipinski definition) is 3. The summed E-state index contributed by atoms with van der Waals surface area (Å²) in [6, 6.07) is 0. The van der Waals surface area contributed by atoms with Gasteiger partial charge in [-0.25, -0.2) is 0 Å². The van der Waals surface area contributed by atoms with Gasteiger partial charge in [0.2, 0.25) is 0 Å². The summed E-state index contributed by atoms with van der Waals surface area (Å²) < 4.78 is 0.319. The summed E-state index contributed by atoms with van der Waals surface area (Å²) in [5.41, 5.74) is 1.06. The Morgan fingerprint density at radius 2 is 2.17 bits per heavy atom. The van der Waals surface area contributed by atoms with Crippen LogP contribution < -0.4 is 5.56 Å². The second-order valence-corrected chi connectivity index (χ2v) is 2.89. The summed E-state index contributed by atoms with van der Waals surface area (Å²) in [6.45, 7) is 1.73. The second-order valence-electron chi connectivity index (χ2n) is 2.49. The molecule has 66 valence electrons. The van der Waals surface area contributed by atoms with E-state index in [9.17, 15) is 4.79 Å². The van der Waals surface area contributed by atoms with Crippen molar-refractivity contribution in [3.63, 3.8) is 0 Å². The van der Waals surface area contributed by atoms with Crippen molar-refractivity contribution in [2.75, 3.05) is 6.61 Å². The fraction of sp³-hybridized carbons (Fsp3) is 0.429. The first kappa shape index (κ1) is 9.15. The molecule has 12 heavy (non-hydrogen) atoms. The highest BCUT2D eigenvalue weighted by Gasteiger charge is 2.02. The van der Waals surface area contributed by atoms with E-state index >= 15 is 0 Å². The standard InChI is InChI=1S/C7H10N2O2S/c1-4-5(2-3-10)6(11)9-7(12)8-4/h10H,2-3H2,1H3,(H2,8,9,11,12). The molecule has 3 N–H and O–H groups in total. The molecule has 0 amide bonds. The third-order valence-corrected chi connectivity index (χ3v) is 1.82. The fourth-order valence-electron chi connectivity index (χ4n) is 1.04. The molecule has 0 spiro atoms. The Kier molecular flexibility index (Phi) is 2.78. The van der Waals surface area contributed by atoms with E-state index in [-0.39, 0.29) is 12.2 Å². The van der Waals surface area contributed by atoms with Gasteiger partial charge in [0.05, 0.1) is 0 Å². The number of hydrogen-bond donors (Lipinski definition) is 3. The molecule has 0 saturated heterocycles. The van der Waals surface area contributed by atoms with Gasteiger partial charge in [-0.3, -0.25) is 9.78 Å². The molecule has 1 aromatic rings. The molecule has 0 saturated carbocycles. The molecule has 1 heterocycles. The number of aliphatic hydroxyl groups is 1. The summed E-state index contributed by atoms with van der Waals surface area (Å²) in [6.07, 6.45) is 0.354.